The van der Waals surface area contributed by atoms with Crippen LogP contribution in [0.15, 0.2) is 140 Å². The van der Waals surface area contributed by atoms with Gasteiger partial charge in [-0.1, -0.05) is 24.3 Å². The molecule has 6 aliphatic rings. The fourth-order valence-corrected chi connectivity index (χ4v) is 18.4. The van der Waals surface area contributed by atoms with Crippen LogP contribution < -0.4 is 5.32 Å². The number of carbonyl (C=O) groups excluding carboxylic acids is 3. The van der Waals surface area contributed by atoms with Crippen molar-refractivity contribution in [2.75, 3.05) is 83.3 Å². The number of sulfonamides is 3. The molecule has 0 aliphatic carbocycles. The number of benzene rings is 1. The lowest BCUT2D eigenvalue weighted by Gasteiger charge is -2.37. The molecule has 4 fully saturated rings. The maximum atomic E-state index is 13.0. The van der Waals surface area contributed by atoms with Crippen molar-refractivity contribution < 1.29 is 39.6 Å². The number of carbonyl (C=O) groups is 3. The number of nitrogens with zero attached hydrogens (tertiary/aromatic N) is 11. The van der Waals surface area contributed by atoms with E-state index in [9.17, 15) is 39.6 Å². The number of nitrogens with one attached hydrogen (secondary N) is 5. The summed E-state index contributed by atoms with van der Waals surface area (Å²) in [6.45, 7) is 13.9. The molecule has 16 rings (SSSR count). The molecule has 10 aromatic rings. The van der Waals surface area contributed by atoms with E-state index in [0.29, 0.717) is 88.6 Å². The summed E-state index contributed by atoms with van der Waals surface area (Å²) in [5, 5.41) is 11.8. The van der Waals surface area contributed by atoms with Gasteiger partial charge in [0.15, 0.2) is 0 Å². The minimum Gasteiger partial charge on any atom is -0.361 e. The van der Waals surface area contributed by atoms with Crippen molar-refractivity contribution in [2.24, 2.45) is 0 Å². The maximum Gasteiger partial charge on any atom is 0.246 e. The van der Waals surface area contributed by atoms with Crippen LogP contribution in [-0.2, 0) is 56.4 Å². The van der Waals surface area contributed by atoms with Crippen LogP contribution in [0.4, 0.5) is 5.69 Å². The molecule has 1 aromatic carbocycles. The monoisotopic (exact) mass is 1420 g/mol. The van der Waals surface area contributed by atoms with Crippen molar-refractivity contribution >= 4 is 103 Å². The summed E-state index contributed by atoms with van der Waals surface area (Å²) in [6.07, 6.45) is 36.5. The molecule has 0 unspecified atom stereocenters. The van der Waals surface area contributed by atoms with E-state index in [-0.39, 0.29) is 22.6 Å². The minimum atomic E-state index is -3.60. The summed E-state index contributed by atoms with van der Waals surface area (Å²) in [5.41, 5.74) is 12.6. The fourth-order valence-electron chi connectivity index (χ4n) is 15.0. The molecule has 9 aromatic heterocycles. The van der Waals surface area contributed by atoms with Crippen molar-refractivity contribution in [2.45, 2.75) is 120 Å². The van der Waals surface area contributed by atoms with Crippen molar-refractivity contribution in [1.82, 2.24) is 72.4 Å². The van der Waals surface area contributed by atoms with Gasteiger partial charge in [0.1, 0.15) is 4.90 Å². The number of anilines is 1. The van der Waals surface area contributed by atoms with Gasteiger partial charge in [-0.2, -0.15) is 9.40 Å². The first kappa shape index (κ1) is 70.9. The highest BCUT2D eigenvalue weighted by molar-refractivity contribution is 7.89. The van der Waals surface area contributed by atoms with E-state index in [4.69, 9.17) is 0 Å². The van der Waals surface area contributed by atoms with Crippen molar-refractivity contribution in [3.8, 4) is 0 Å². The molecule has 0 bridgehead atoms. The molecular weight excluding hydrogens is 1330 g/mol. The molecular formula is C72H88N16O9S3. The number of likely N-dealkylation sites (tertiary alicyclic amines) is 1. The number of fused-ring (bicyclic) bond motifs is 6. The van der Waals surface area contributed by atoms with Gasteiger partial charge in [-0.25, -0.2) is 33.9 Å². The number of aryl methyl sites for hydroxylation is 1. The molecule has 528 valence electrons. The molecule has 0 saturated carbocycles. The van der Waals surface area contributed by atoms with Gasteiger partial charge in [-0.05, 0) is 148 Å². The number of H-pyrrole nitrogens is 4. The third kappa shape index (κ3) is 15.2. The van der Waals surface area contributed by atoms with Gasteiger partial charge < -0.3 is 35.1 Å². The van der Waals surface area contributed by atoms with Gasteiger partial charge in [-0.3, -0.25) is 39.0 Å². The standard InChI is InChI=1S/C18H22N4O3S.C14H17N3O.C14H15N3O.2C13H17N3O2S/c1-3-22-13(2)16(12-19-22)26(24,25)21-10-8-18(9-11-21)14-6-4-5-7-15(14)20-17(18)23;2*1-10(18)17-6-3-11(4-7-17)12-9-16-14-2-5-15-8-13(12)14;1-19(17,18)16-6-3-10(4-7-16)11-9-15-13-2-5-14-8-12(11)13;1-19(17,18)16-6-3-10(4-7-16)12-8-15-13-9-14-5-2-11(12)13/h4-7,12H,3,8-11H2,1-2H3,(H,20,23);2,5,8-9,11,16H,3-4,6-7H2,1H3;2-3,5,8-9,16H,4,6-7H2,1H3;2*2,5,8-10,15H,3-4,6-7H2,1H3. The maximum absolute atomic E-state index is 13.0. The lowest BCUT2D eigenvalue weighted by atomic mass is 9.74. The van der Waals surface area contributed by atoms with E-state index in [1.807, 2.05) is 109 Å². The molecule has 4 saturated heterocycles. The van der Waals surface area contributed by atoms with Crippen LogP contribution in [0.3, 0.4) is 0 Å². The molecule has 25 nitrogen and oxygen atoms in total. The number of aromatic amines is 4. The second-order valence-corrected chi connectivity index (χ2v) is 32.5. The Hall–Kier alpha value is -8.93. The van der Waals surface area contributed by atoms with E-state index < -0.39 is 35.5 Å². The Balaban J connectivity index is 0.000000119. The molecule has 0 atom stereocenters. The molecule has 0 radical (unpaired) electrons. The van der Waals surface area contributed by atoms with E-state index in [1.165, 1.54) is 61.6 Å². The highest BCUT2D eigenvalue weighted by Crippen LogP contribution is 2.46. The fraction of sp³-hybridized carbons (Fsp3) is 0.417. The molecule has 100 heavy (non-hydrogen) atoms. The van der Waals surface area contributed by atoms with Gasteiger partial charge in [0.25, 0.3) is 0 Å². The van der Waals surface area contributed by atoms with E-state index in [1.54, 1.807) is 58.9 Å². The number of pyridine rings is 4. The van der Waals surface area contributed by atoms with Gasteiger partial charge in [0.2, 0.25) is 47.8 Å². The average molecular weight is 1420 g/mol. The Morgan fingerprint density at radius 3 is 1.53 bits per heavy atom. The quantitative estimate of drug-likeness (QED) is 0.0898. The minimum absolute atomic E-state index is 0.0225. The van der Waals surface area contributed by atoms with E-state index in [0.717, 1.165) is 109 Å². The molecule has 6 aliphatic heterocycles. The number of rotatable bonds is 9. The first-order valence-electron chi connectivity index (χ1n) is 34.2. The Morgan fingerprint density at radius 2 is 1.02 bits per heavy atom. The predicted molar refractivity (Wildman–Crippen MR) is 388 cm³/mol. The number of para-hydroxylation sites is 1. The lowest BCUT2D eigenvalue weighted by Crippen LogP contribution is -2.48. The molecule has 1 spiro atoms. The van der Waals surface area contributed by atoms with Crippen molar-refractivity contribution in [1.29, 1.82) is 0 Å². The van der Waals surface area contributed by atoms with Gasteiger partial charge in [-0.15, -0.1) is 0 Å². The Labute approximate surface area is 583 Å². The topological polar surface area (TPSA) is 314 Å². The van der Waals surface area contributed by atoms with Crippen LogP contribution in [0.25, 0.3) is 49.2 Å². The third-order valence-electron chi connectivity index (χ3n) is 20.8. The first-order chi connectivity index (χ1) is 48.0. The summed E-state index contributed by atoms with van der Waals surface area (Å²) >= 11 is 0. The Bertz CT molecular complexity index is 4850. The van der Waals surface area contributed by atoms with Gasteiger partial charge in [0, 0.05) is 203 Å². The molecule has 28 heteroatoms. The zero-order chi connectivity index (χ0) is 70.5. The van der Waals surface area contributed by atoms with E-state index in [2.05, 4.69) is 62.6 Å². The second kappa shape index (κ2) is 30.1. The molecule has 5 N–H and O–H groups in total. The number of hydrogen-bond donors (Lipinski definition) is 5. The summed E-state index contributed by atoms with van der Waals surface area (Å²) < 4.78 is 78.4. The van der Waals surface area contributed by atoms with Gasteiger partial charge in [0.05, 0.1) is 41.5 Å². The summed E-state index contributed by atoms with van der Waals surface area (Å²) in [4.78, 5) is 69.0. The predicted octanol–water partition coefficient (Wildman–Crippen LogP) is 9.78. The highest BCUT2D eigenvalue weighted by atomic mass is 32.2. The normalized spacial score (nSPS) is 18.3. The number of amides is 3. The van der Waals surface area contributed by atoms with Crippen LogP contribution in [-0.4, -0.2) is 193 Å². The van der Waals surface area contributed by atoms with Crippen LogP contribution in [0.1, 0.15) is 130 Å². The summed E-state index contributed by atoms with van der Waals surface area (Å²) in [6, 6.07) is 15.6. The molecule has 3 amide bonds. The number of aromatic nitrogens is 10. The SMILES string of the molecule is CC(=O)N1CC=C(c2c[nH]c3ccncc23)CC1.CC(=O)N1CCC(c2c[nH]c3ccncc23)CC1.CCn1ncc(S(=O)(=O)N2CCC3(CC2)C(=O)Nc2ccccc23)c1C.CS(=O)(=O)N1CCC(c2c[nH]c3ccncc23)CC1.CS(=O)(=O)N1CCC(c2c[nH]c3cnccc23)CC1. The zero-order valence-electron chi connectivity index (χ0n) is 57.4. The highest BCUT2D eigenvalue weighted by Gasteiger charge is 2.50. The van der Waals surface area contributed by atoms with Crippen LogP contribution >= 0.6 is 0 Å². The Kier molecular flexibility index (Phi) is 21.3. The zero-order valence-corrected chi connectivity index (χ0v) is 59.8. The van der Waals surface area contributed by atoms with Crippen molar-refractivity contribution in [3.05, 3.63) is 169 Å². The average Bonchev–Trinajstić information content (AvgIpc) is 1.56. The lowest BCUT2D eigenvalue weighted by molar-refractivity contribution is -0.130. The third-order valence-corrected chi connectivity index (χ3v) is 25.4. The van der Waals surface area contributed by atoms with Crippen LogP contribution in [0, 0.1) is 6.92 Å². The first-order valence-corrected chi connectivity index (χ1v) is 39.3. The smallest absolute Gasteiger partial charge is 0.246 e. The number of hydrogen-bond acceptors (Lipinski definition) is 14. The van der Waals surface area contributed by atoms with Gasteiger partial charge >= 0.3 is 0 Å². The number of piperidine rings is 4. The summed E-state index contributed by atoms with van der Waals surface area (Å²) in [5.74, 6) is 1.69. The Morgan fingerprint density at radius 1 is 0.540 bits per heavy atom. The van der Waals surface area contributed by atoms with Crippen LogP contribution in [0.5, 0.6) is 0 Å². The second-order valence-electron chi connectivity index (χ2n) is 26.6. The molecule has 15 heterocycles. The van der Waals surface area contributed by atoms with E-state index >= 15 is 0 Å². The van der Waals surface area contributed by atoms with Crippen molar-refractivity contribution in [3.63, 3.8) is 0 Å². The summed E-state index contributed by atoms with van der Waals surface area (Å²) in [7, 11) is -9.70. The largest absolute Gasteiger partial charge is 0.361 e. The van der Waals surface area contributed by atoms with Crippen LogP contribution in [0.2, 0.25) is 0 Å².